The molecule has 37 heavy (non-hydrogen) atoms. The molecule has 0 unspecified atom stereocenters. The summed E-state index contributed by atoms with van der Waals surface area (Å²) in [7, 11) is 0. The van der Waals surface area contributed by atoms with Crippen molar-refractivity contribution in [1.82, 2.24) is 0 Å². The van der Waals surface area contributed by atoms with Crippen LogP contribution in [0.5, 0.6) is 0 Å². The number of hydrogen-bond donors (Lipinski definition) is 0. The van der Waals surface area contributed by atoms with E-state index in [1.165, 1.54) is 24.3 Å². The first-order valence-electron chi connectivity index (χ1n) is 11.2. The second-order valence-corrected chi connectivity index (χ2v) is 9.47. The number of ketones is 2. The van der Waals surface area contributed by atoms with Gasteiger partial charge in [0.15, 0.2) is 0 Å². The first-order valence-corrected chi connectivity index (χ1v) is 11.6. The van der Waals surface area contributed by atoms with E-state index in [1.54, 1.807) is 30.3 Å². The van der Waals surface area contributed by atoms with Crippen LogP contribution in [0.25, 0.3) is 0 Å². The Hall–Kier alpha value is -3.82. The van der Waals surface area contributed by atoms with Crippen LogP contribution < -0.4 is 4.90 Å². The first-order chi connectivity index (χ1) is 17.6. The Morgan fingerprint density at radius 3 is 2.05 bits per heavy atom. The molecule has 3 aromatic rings. The molecule has 0 bridgehead atoms. The Morgan fingerprint density at radius 2 is 1.43 bits per heavy atom. The van der Waals surface area contributed by atoms with Gasteiger partial charge in [-0.15, -0.1) is 0 Å². The highest BCUT2D eigenvalue weighted by Crippen LogP contribution is 2.58. The number of carbonyl (C=O) groups excluding carboxylic acids is 4. The summed E-state index contributed by atoms with van der Waals surface area (Å²) in [4.78, 5) is 55.6. The predicted molar refractivity (Wildman–Crippen MR) is 124 cm³/mol. The average Bonchev–Trinajstić information content (AvgIpc) is 3.44. The molecule has 0 N–H and O–H groups in total. The van der Waals surface area contributed by atoms with Gasteiger partial charge in [-0.3, -0.25) is 19.2 Å². The summed E-state index contributed by atoms with van der Waals surface area (Å²) in [5.41, 5.74) is -3.35. The highest BCUT2D eigenvalue weighted by molar-refractivity contribution is 6.37. The highest BCUT2D eigenvalue weighted by Gasteiger charge is 2.75. The number of benzene rings is 3. The van der Waals surface area contributed by atoms with Gasteiger partial charge in [-0.25, -0.2) is 4.90 Å². The summed E-state index contributed by atoms with van der Waals surface area (Å²) >= 11 is 6.38. The number of imide groups is 1. The van der Waals surface area contributed by atoms with Crippen LogP contribution in [0.1, 0.15) is 37.9 Å². The Morgan fingerprint density at radius 1 is 0.811 bits per heavy atom. The summed E-state index contributed by atoms with van der Waals surface area (Å²) < 4.78 is 46.3. The van der Waals surface area contributed by atoms with Crippen molar-refractivity contribution in [1.29, 1.82) is 0 Å². The number of alkyl halides is 3. The number of ether oxygens (including phenoxy) is 1. The van der Waals surface area contributed by atoms with Crippen LogP contribution in [0.4, 0.5) is 18.9 Å². The molecule has 2 heterocycles. The van der Waals surface area contributed by atoms with Gasteiger partial charge in [0, 0.05) is 21.7 Å². The molecule has 2 saturated heterocycles. The second-order valence-electron chi connectivity index (χ2n) is 9.06. The van der Waals surface area contributed by atoms with E-state index in [0.717, 1.165) is 12.1 Å². The Kier molecular flexibility index (Phi) is 4.99. The van der Waals surface area contributed by atoms with E-state index in [4.69, 9.17) is 16.3 Å². The molecule has 6 rings (SSSR count). The van der Waals surface area contributed by atoms with Crippen molar-refractivity contribution in [2.75, 3.05) is 4.90 Å². The van der Waals surface area contributed by atoms with Crippen molar-refractivity contribution in [3.05, 3.63) is 100 Å². The van der Waals surface area contributed by atoms with E-state index in [2.05, 4.69) is 0 Å². The maximum absolute atomic E-state index is 13.8. The van der Waals surface area contributed by atoms with E-state index in [-0.39, 0.29) is 27.4 Å². The highest BCUT2D eigenvalue weighted by atomic mass is 35.5. The zero-order valence-corrected chi connectivity index (χ0v) is 19.4. The van der Waals surface area contributed by atoms with Gasteiger partial charge in [-0.05, 0) is 24.3 Å². The molecule has 0 radical (unpaired) electrons. The lowest BCUT2D eigenvalue weighted by atomic mass is 9.77. The fourth-order valence-corrected chi connectivity index (χ4v) is 5.82. The van der Waals surface area contributed by atoms with E-state index in [0.29, 0.717) is 11.0 Å². The molecule has 0 aromatic heterocycles. The van der Waals surface area contributed by atoms with Gasteiger partial charge < -0.3 is 4.74 Å². The number of halogens is 4. The zero-order valence-electron chi connectivity index (χ0n) is 18.7. The molecule has 0 saturated carbocycles. The SMILES string of the molecule is O=C1[C@H]2[C@@H](c3ccccc3Cl)OC3(C(=O)c4ccccc4C3=O)[C@@H]2C(=O)N1c1cccc(C(F)(F)F)c1. The number of carbonyl (C=O) groups is 4. The van der Waals surface area contributed by atoms with E-state index in [1.807, 2.05) is 0 Å². The number of Topliss-reactive ketones (excluding diaryl/α,β-unsaturated/α-hetero) is 2. The first kappa shape index (κ1) is 23.6. The molecular weight excluding hydrogens is 511 g/mol. The van der Waals surface area contributed by atoms with Crippen LogP contribution in [-0.4, -0.2) is 29.0 Å². The summed E-state index contributed by atoms with van der Waals surface area (Å²) in [5.74, 6) is -6.38. The van der Waals surface area contributed by atoms with Gasteiger partial charge in [0.2, 0.25) is 29.0 Å². The normalized spacial score (nSPS) is 24.2. The monoisotopic (exact) mass is 525 g/mol. The minimum Gasteiger partial charge on any atom is -0.349 e. The largest absolute Gasteiger partial charge is 0.416 e. The smallest absolute Gasteiger partial charge is 0.349 e. The Balaban J connectivity index is 1.54. The summed E-state index contributed by atoms with van der Waals surface area (Å²) in [6.07, 6.45) is -5.99. The lowest BCUT2D eigenvalue weighted by Gasteiger charge is -2.27. The summed E-state index contributed by atoms with van der Waals surface area (Å²) in [6.45, 7) is 0. The quantitative estimate of drug-likeness (QED) is 0.345. The molecule has 3 aromatic carbocycles. The fraction of sp³-hybridized carbons (Fsp3) is 0.185. The zero-order chi connectivity index (χ0) is 26.3. The van der Waals surface area contributed by atoms with Gasteiger partial charge in [-0.2, -0.15) is 13.2 Å². The fourth-order valence-electron chi connectivity index (χ4n) is 5.58. The van der Waals surface area contributed by atoms with Crippen LogP contribution >= 0.6 is 11.6 Å². The van der Waals surface area contributed by atoms with Crippen molar-refractivity contribution in [2.45, 2.75) is 17.9 Å². The summed E-state index contributed by atoms with van der Waals surface area (Å²) in [6, 6.07) is 16.0. The van der Waals surface area contributed by atoms with Gasteiger partial charge in [0.05, 0.1) is 29.2 Å². The van der Waals surface area contributed by atoms with E-state index in [9.17, 15) is 32.3 Å². The molecule has 10 heteroatoms. The van der Waals surface area contributed by atoms with E-state index >= 15 is 0 Å². The molecule has 2 fully saturated rings. The third-order valence-corrected chi connectivity index (χ3v) is 7.51. The molecule has 2 amide bonds. The van der Waals surface area contributed by atoms with Crippen molar-refractivity contribution < 1.29 is 37.1 Å². The second kappa shape index (κ2) is 7.84. The van der Waals surface area contributed by atoms with Crippen molar-refractivity contribution in [2.24, 2.45) is 11.8 Å². The van der Waals surface area contributed by atoms with E-state index < -0.39 is 58.7 Å². The molecular formula is C27H15ClF3NO5. The molecule has 6 nitrogen and oxygen atoms in total. The van der Waals surface area contributed by atoms with Crippen molar-refractivity contribution in [3.8, 4) is 0 Å². The number of amides is 2. The van der Waals surface area contributed by atoms with Crippen molar-refractivity contribution in [3.63, 3.8) is 0 Å². The number of fused-ring (bicyclic) bond motifs is 3. The molecule has 1 spiro atoms. The molecule has 1 aliphatic carbocycles. The topological polar surface area (TPSA) is 80.8 Å². The number of anilines is 1. The lowest BCUT2D eigenvalue weighted by molar-refractivity contribution is -0.137. The minimum atomic E-state index is -4.72. The molecule has 2 aliphatic heterocycles. The average molecular weight is 526 g/mol. The third-order valence-electron chi connectivity index (χ3n) is 7.16. The number of hydrogen-bond acceptors (Lipinski definition) is 5. The van der Waals surface area contributed by atoms with Gasteiger partial charge in [-0.1, -0.05) is 60.1 Å². The van der Waals surface area contributed by atoms with Crippen LogP contribution in [-0.2, 0) is 20.5 Å². The molecule has 3 atom stereocenters. The Labute approximate surface area is 212 Å². The number of nitrogens with zero attached hydrogens (tertiary/aromatic N) is 1. The van der Waals surface area contributed by atoms with Crippen molar-refractivity contribution >= 4 is 40.7 Å². The molecule has 3 aliphatic rings. The maximum atomic E-state index is 13.8. The summed E-state index contributed by atoms with van der Waals surface area (Å²) in [5, 5.41) is 0.177. The maximum Gasteiger partial charge on any atom is 0.416 e. The number of rotatable bonds is 2. The van der Waals surface area contributed by atoms with Crippen LogP contribution in [0.3, 0.4) is 0 Å². The lowest BCUT2D eigenvalue weighted by Crippen LogP contribution is -2.51. The predicted octanol–water partition coefficient (Wildman–Crippen LogP) is 5.05. The third kappa shape index (κ3) is 3.10. The van der Waals surface area contributed by atoms with Gasteiger partial charge >= 0.3 is 6.18 Å². The molecule has 186 valence electrons. The Bertz CT molecular complexity index is 1500. The van der Waals surface area contributed by atoms with Crippen LogP contribution in [0.15, 0.2) is 72.8 Å². The van der Waals surface area contributed by atoms with Crippen LogP contribution in [0, 0.1) is 11.8 Å². The van der Waals surface area contributed by atoms with Gasteiger partial charge in [0.1, 0.15) is 0 Å². The minimum absolute atomic E-state index is 0.0452. The van der Waals surface area contributed by atoms with Crippen LogP contribution in [0.2, 0.25) is 5.02 Å². The standard InChI is InChI=1S/C27H15ClF3NO5/c28-18-11-4-3-10-17(18)21-19-20(26(37-21)22(33)15-8-1-2-9-16(15)23(26)34)25(36)32(24(19)35)14-7-5-6-13(12-14)27(29,30)31/h1-12,19-21H/t19-,20+,21-/m1/s1. The van der Waals surface area contributed by atoms with Gasteiger partial charge in [0.25, 0.3) is 0 Å².